The topological polar surface area (TPSA) is 39.5 Å². The van der Waals surface area contributed by atoms with Crippen LogP contribution in [0.3, 0.4) is 0 Å². The SMILES string of the molecule is CCCCc1nc(-c2ccc(OCCN(C(C)C)C(C)C)cc2)cn1-c1ccc(Oc2ccc(Cl)cc2)cc1. The molecule has 0 bridgehead atoms. The van der Waals surface area contributed by atoms with Gasteiger partial charge in [-0.3, -0.25) is 4.90 Å². The fourth-order valence-corrected chi connectivity index (χ4v) is 4.84. The molecule has 4 rings (SSSR count). The summed E-state index contributed by atoms with van der Waals surface area (Å²) in [5.74, 6) is 3.47. The second-order valence-corrected chi connectivity index (χ2v) is 10.8. The third-order valence-electron chi connectivity index (χ3n) is 6.79. The summed E-state index contributed by atoms with van der Waals surface area (Å²) in [7, 11) is 0. The maximum absolute atomic E-state index is 6.05. The molecule has 0 unspecified atom stereocenters. The van der Waals surface area contributed by atoms with Gasteiger partial charge in [-0.2, -0.15) is 0 Å². The molecule has 39 heavy (non-hydrogen) atoms. The van der Waals surface area contributed by atoms with E-state index in [1.54, 1.807) is 0 Å². The first-order valence-electron chi connectivity index (χ1n) is 13.9. The number of unbranched alkanes of at least 4 members (excludes halogenated alkanes) is 1. The summed E-state index contributed by atoms with van der Waals surface area (Å²) in [6.45, 7) is 12.7. The molecule has 6 heteroatoms. The normalized spacial score (nSPS) is 11.5. The van der Waals surface area contributed by atoms with E-state index in [9.17, 15) is 0 Å². The zero-order valence-electron chi connectivity index (χ0n) is 23.7. The number of rotatable bonds is 13. The smallest absolute Gasteiger partial charge is 0.127 e. The monoisotopic (exact) mass is 545 g/mol. The van der Waals surface area contributed by atoms with Crippen LogP contribution in [0.2, 0.25) is 5.02 Å². The number of hydrogen-bond donors (Lipinski definition) is 0. The minimum atomic E-state index is 0.500. The Morgan fingerprint density at radius 3 is 2.00 bits per heavy atom. The van der Waals surface area contributed by atoms with E-state index >= 15 is 0 Å². The lowest BCUT2D eigenvalue weighted by molar-refractivity contribution is 0.142. The third-order valence-corrected chi connectivity index (χ3v) is 7.04. The van der Waals surface area contributed by atoms with Crippen LogP contribution in [0, 0.1) is 0 Å². The zero-order valence-corrected chi connectivity index (χ0v) is 24.5. The molecule has 0 aliphatic heterocycles. The quantitative estimate of drug-likeness (QED) is 0.168. The van der Waals surface area contributed by atoms with Crippen LogP contribution >= 0.6 is 11.6 Å². The third kappa shape index (κ3) is 7.87. The molecule has 4 aromatic rings. The lowest BCUT2D eigenvalue weighted by Gasteiger charge is -2.30. The Hall–Kier alpha value is -3.28. The van der Waals surface area contributed by atoms with Gasteiger partial charge in [0.2, 0.25) is 0 Å². The highest BCUT2D eigenvalue weighted by atomic mass is 35.5. The van der Waals surface area contributed by atoms with Crippen LogP contribution < -0.4 is 9.47 Å². The molecule has 206 valence electrons. The van der Waals surface area contributed by atoms with Gasteiger partial charge in [-0.1, -0.05) is 24.9 Å². The predicted octanol–water partition coefficient (Wildman–Crippen LogP) is 8.83. The number of ether oxygens (including phenoxy) is 2. The number of aryl methyl sites for hydroxylation is 1. The minimum Gasteiger partial charge on any atom is -0.492 e. The summed E-state index contributed by atoms with van der Waals surface area (Å²) in [4.78, 5) is 7.46. The highest BCUT2D eigenvalue weighted by molar-refractivity contribution is 6.30. The number of nitrogens with zero attached hydrogens (tertiary/aromatic N) is 3. The molecule has 0 amide bonds. The lowest BCUT2D eigenvalue weighted by atomic mass is 10.1. The zero-order chi connectivity index (χ0) is 27.8. The van der Waals surface area contributed by atoms with E-state index in [-0.39, 0.29) is 0 Å². The Morgan fingerprint density at radius 2 is 1.41 bits per heavy atom. The Kier molecular flexibility index (Phi) is 10.1. The van der Waals surface area contributed by atoms with Crippen molar-refractivity contribution in [2.45, 2.75) is 66.0 Å². The van der Waals surface area contributed by atoms with Gasteiger partial charge in [0.1, 0.15) is 29.7 Å². The number of hydrogen-bond acceptors (Lipinski definition) is 4. The average Bonchev–Trinajstić information content (AvgIpc) is 3.35. The summed E-state index contributed by atoms with van der Waals surface area (Å²) in [5, 5.41) is 0.690. The van der Waals surface area contributed by atoms with Crippen LogP contribution in [-0.4, -0.2) is 39.7 Å². The van der Waals surface area contributed by atoms with E-state index in [1.165, 1.54) is 0 Å². The minimum absolute atomic E-state index is 0.500. The summed E-state index contributed by atoms with van der Waals surface area (Å²) in [5.41, 5.74) is 3.09. The van der Waals surface area contributed by atoms with Crippen molar-refractivity contribution in [2.24, 2.45) is 0 Å². The van der Waals surface area contributed by atoms with Crippen LogP contribution in [0.4, 0.5) is 0 Å². The molecule has 1 heterocycles. The van der Waals surface area contributed by atoms with Crippen molar-refractivity contribution in [3.8, 4) is 34.2 Å². The summed E-state index contributed by atoms with van der Waals surface area (Å²) in [6.07, 6.45) is 5.25. The van der Waals surface area contributed by atoms with Gasteiger partial charge in [-0.25, -0.2) is 4.98 Å². The molecule has 0 atom stereocenters. The molecule has 0 spiro atoms. The van der Waals surface area contributed by atoms with E-state index < -0.39 is 0 Å². The Bertz CT molecular complexity index is 1290. The molecule has 0 N–H and O–H groups in total. The molecule has 0 saturated heterocycles. The van der Waals surface area contributed by atoms with Crippen molar-refractivity contribution >= 4 is 11.6 Å². The molecule has 5 nitrogen and oxygen atoms in total. The molecule has 0 fully saturated rings. The molecule has 0 radical (unpaired) electrons. The molecular formula is C33H40ClN3O2. The van der Waals surface area contributed by atoms with Crippen LogP contribution in [0.1, 0.15) is 53.3 Å². The van der Waals surface area contributed by atoms with Gasteiger partial charge in [-0.05, 0) is 107 Å². The number of aromatic nitrogens is 2. The van der Waals surface area contributed by atoms with Crippen LogP contribution in [0.15, 0.2) is 79.0 Å². The van der Waals surface area contributed by atoms with Crippen LogP contribution in [-0.2, 0) is 6.42 Å². The molecule has 1 aromatic heterocycles. The first-order chi connectivity index (χ1) is 18.8. The number of halogens is 1. The fraction of sp³-hybridized carbons (Fsp3) is 0.364. The van der Waals surface area contributed by atoms with Crippen molar-refractivity contribution in [1.82, 2.24) is 14.5 Å². The Balaban J connectivity index is 1.47. The highest BCUT2D eigenvalue weighted by Crippen LogP contribution is 2.27. The lowest BCUT2D eigenvalue weighted by Crippen LogP contribution is -2.39. The summed E-state index contributed by atoms with van der Waals surface area (Å²) in [6, 6.07) is 24.8. The maximum atomic E-state index is 6.05. The van der Waals surface area contributed by atoms with Gasteiger partial charge in [0.05, 0.1) is 5.69 Å². The maximum Gasteiger partial charge on any atom is 0.127 e. The second-order valence-electron chi connectivity index (χ2n) is 10.4. The van der Waals surface area contributed by atoms with Gasteiger partial charge >= 0.3 is 0 Å². The van der Waals surface area contributed by atoms with Gasteiger partial charge < -0.3 is 14.0 Å². The molecule has 0 saturated carbocycles. The first kappa shape index (κ1) is 28.7. The van der Waals surface area contributed by atoms with Crippen LogP contribution in [0.5, 0.6) is 17.2 Å². The van der Waals surface area contributed by atoms with E-state index in [4.69, 9.17) is 26.1 Å². The van der Waals surface area contributed by atoms with Crippen molar-refractivity contribution in [3.05, 3.63) is 89.8 Å². The van der Waals surface area contributed by atoms with E-state index in [1.807, 2.05) is 48.5 Å². The summed E-state index contributed by atoms with van der Waals surface area (Å²) >= 11 is 5.99. The molecule has 3 aromatic carbocycles. The van der Waals surface area contributed by atoms with Gasteiger partial charge in [0, 0.05) is 47.5 Å². The average molecular weight is 546 g/mol. The van der Waals surface area contributed by atoms with Crippen molar-refractivity contribution in [3.63, 3.8) is 0 Å². The summed E-state index contributed by atoms with van der Waals surface area (Å²) < 4.78 is 14.2. The largest absolute Gasteiger partial charge is 0.492 e. The van der Waals surface area contributed by atoms with Gasteiger partial charge in [-0.15, -0.1) is 0 Å². The Morgan fingerprint density at radius 1 is 0.821 bits per heavy atom. The van der Waals surface area contributed by atoms with E-state index in [0.717, 1.165) is 65.8 Å². The van der Waals surface area contributed by atoms with Crippen molar-refractivity contribution < 1.29 is 9.47 Å². The predicted molar refractivity (Wildman–Crippen MR) is 162 cm³/mol. The van der Waals surface area contributed by atoms with Crippen molar-refractivity contribution in [2.75, 3.05) is 13.2 Å². The van der Waals surface area contributed by atoms with E-state index in [0.29, 0.717) is 23.7 Å². The van der Waals surface area contributed by atoms with Crippen molar-refractivity contribution in [1.29, 1.82) is 0 Å². The standard InChI is InChI=1S/C33H40ClN3O2/c1-6-7-8-33-35-32(26-9-15-29(16-10-26)38-22-21-36(24(2)3)25(4)5)23-37(33)28-13-19-31(20-14-28)39-30-17-11-27(34)12-18-30/h9-20,23-25H,6-8,21-22H2,1-5H3. The number of imidazole rings is 1. The fourth-order valence-electron chi connectivity index (χ4n) is 4.71. The molecule has 0 aliphatic carbocycles. The first-order valence-corrected chi connectivity index (χ1v) is 14.3. The molecule has 0 aliphatic rings. The van der Waals surface area contributed by atoms with Crippen LogP contribution in [0.25, 0.3) is 16.9 Å². The van der Waals surface area contributed by atoms with E-state index in [2.05, 4.69) is 74.5 Å². The Labute approximate surface area is 238 Å². The van der Waals surface area contributed by atoms with Gasteiger partial charge in [0.15, 0.2) is 0 Å². The number of benzene rings is 3. The van der Waals surface area contributed by atoms with Gasteiger partial charge in [0.25, 0.3) is 0 Å². The highest BCUT2D eigenvalue weighted by Gasteiger charge is 2.14. The second kappa shape index (κ2) is 13.7. The molecular weight excluding hydrogens is 506 g/mol.